The van der Waals surface area contributed by atoms with Gasteiger partial charge in [-0.15, -0.1) is 0 Å². The molecule has 0 bridgehead atoms. The van der Waals surface area contributed by atoms with E-state index in [9.17, 15) is 14.4 Å². The van der Waals surface area contributed by atoms with E-state index >= 15 is 0 Å². The molecular formula is C26H31N3O3. The molecule has 1 unspecified atom stereocenters. The zero-order valence-electron chi connectivity index (χ0n) is 18.7. The summed E-state index contributed by atoms with van der Waals surface area (Å²) in [5, 5.41) is 0. The predicted octanol–water partition coefficient (Wildman–Crippen LogP) is 3.08. The van der Waals surface area contributed by atoms with Gasteiger partial charge < -0.3 is 9.80 Å². The van der Waals surface area contributed by atoms with E-state index in [4.69, 9.17) is 0 Å². The number of piperidine rings is 1. The van der Waals surface area contributed by atoms with Gasteiger partial charge in [0.25, 0.3) is 5.91 Å². The average molecular weight is 434 g/mol. The molecule has 2 aromatic rings. The molecular weight excluding hydrogens is 402 g/mol. The maximum atomic E-state index is 13.3. The van der Waals surface area contributed by atoms with E-state index in [1.165, 1.54) is 6.42 Å². The summed E-state index contributed by atoms with van der Waals surface area (Å²) >= 11 is 0. The minimum atomic E-state index is -0.144. The van der Waals surface area contributed by atoms with Crippen LogP contribution in [0.3, 0.4) is 0 Å². The van der Waals surface area contributed by atoms with Crippen molar-refractivity contribution in [1.82, 2.24) is 14.7 Å². The highest BCUT2D eigenvalue weighted by Gasteiger charge is 2.29. The van der Waals surface area contributed by atoms with Gasteiger partial charge in [0, 0.05) is 49.9 Å². The van der Waals surface area contributed by atoms with Gasteiger partial charge in [-0.05, 0) is 32.3 Å². The highest BCUT2D eigenvalue weighted by molar-refractivity contribution is 6.15. The number of carbonyl (C=O) groups is 3. The van der Waals surface area contributed by atoms with Crippen LogP contribution in [-0.4, -0.2) is 77.6 Å². The van der Waals surface area contributed by atoms with Gasteiger partial charge in [-0.1, -0.05) is 48.5 Å². The van der Waals surface area contributed by atoms with Crippen molar-refractivity contribution < 1.29 is 14.4 Å². The quantitative estimate of drug-likeness (QED) is 0.680. The maximum absolute atomic E-state index is 13.3. The van der Waals surface area contributed by atoms with E-state index in [1.807, 2.05) is 23.1 Å². The topological polar surface area (TPSA) is 60.9 Å². The maximum Gasteiger partial charge on any atom is 0.254 e. The number of hydrogen-bond acceptors (Lipinski definition) is 4. The third-order valence-corrected chi connectivity index (χ3v) is 6.58. The number of carbonyl (C=O) groups excluding carboxylic acids is 3. The molecule has 0 radical (unpaired) electrons. The Morgan fingerprint density at radius 3 is 2.16 bits per heavy atom. The summed E-state index contributed by atoms with van der Waals surface area (Å²) < 4.78 is 0. The van der Waals surface area contributed by atoms with Crippen molar-refractivity contribution in [3.63, 3.8) is 0 Å². The first-order valence-electron chi connectivity index (χ1n) is 11.5. The largest absolute Gasteiger partial charge is 0.339 e. The molecule has 2 amide bonds. The lowest BCUT2D eigenvalue weighted by Gasteiger charge is -2.38. The Hall–Kier alpha value is -2.99. The molecule has 4 rings (SSSR count). The average Bonchev–Trinajstić information content (AvgIpc) is 2.84. The fraction of sp³-hybridized carbons (Fsp3) is 0.423. The molecule has 2 saturated heterocycles. The van der Waals surface area contributed by atoms with Crippen molar-refractivity contribution in [3.05, 3.63) is 71.3 Å². The Morgan fingerprint density at radius 1 is 0.812 bits per heavy atom. The lowest BCUT2D eigenvalue weighted by atomic mass is 9.97. The summed E-state index contributed by atoms with van der Waals surface area (Å²) in [6, 6.07) is 16.4. The highest BCUT2D eigenvalue weighted by atomic mass is 16.2. The van der Waals surface area contributed by atoms with Crippen LogP contribution >= 0.6 is 0 Å². The van der Waals surface area contributed by atoms with Gasteiger partial charge in [0.2, 0.25) is 5.91 Å². The summed E-state index contributed by atoms with van der Waals surface area (Å²) in [4.78, 5) is 44.9. The molecule has 0 spiro atoms. The molecule has 2 fully saturated rings. The Bertz CT molecular complexity index is 967. The van der Waals surface area contributed by atoms with Crippen LogP contribution in [0.1, 0.15) is 52.5 Å². The van der Waals surface area contributed by atoms with Gasteiger partial charge in [0.05, 0.1) is 12.1 Å². The summed E-state index contributed by atoms with van der Waals surface area (Å²) in [6.07, 6.45) is 3.36. The number of nitrogens with zero attached hydrogens (tertiary/aromatic N) is 3. The summed E-state index contributed by atoms with van der Waals surface area (Å²) in [5.41, 5.74) is 1.44. The minimum Gasteiger partial charge on any atom is -0.339 e. The third-order valence-electron chi connectivity index (χ3n) is 6.58. The second-order valence-electron chi connectivity index (χ2n) is 8.74. The number of ketones is 1. The predicted molar refractivity (Wildman–Crippen MR) is 124 cm³/mol. The lowest BCUT2D eigenvalue weighted by Crippen LogP contribution is -2.53. The number of amides is 2. The van der Waals surface area contributed by atoms with Crippen LogP contribution in [0.25, 0.3) is 0 Å². The molecule has 0 aromatic heterocycles. The summed E-state index contributed by atoms with van der Waals surface area (Å²) in [5.74, 6) is -0.0780. The zero-order chi connectivity index (χ0) is 22.5. The van der Waals surface area contributed by atoms with E-state index in [0.717, 1.165) is 19.4 Å². The second kappa shape index (κ2) is 10.1. The zero-order valence-corrected chi connectivity index (χ0v) is 18.7. The second-order valence-corrected chi connectivity index (χ2v) is 8.74. The van der Waals surface area contributed by atoms with Gasteiger partial charge in [-0.25, -0.2) is 0 Å². The van der Waals surface area contributed by atoms with Gasteiger partial charge >= 0.3 is 0 Å². The molecule has 6 nitrogen and oxygen atoms in total. The monoisotopic (exact) mass is 433 g/mol. The molecule has 168 valence electrons. The molecule has 0 saturated carbocycles. The van der Waals surface area contributed by atoms with Crippen LogP contribution in [0, 0.1) is 0 Å². The fourth-order valence-electron chi connectivity index (χ4n) is 4.64. The number of benzene rings is 2. The molecule has 2 heterocycles. The van der Waals surface area contributed by atoms with Crippen LogP contribution in [0.15, 0.2) is 54.6 Å². The van der Waals surface area contributed by atoms with Crippen LogP contribution < -0.4 is 0 Å². The Morgan fingerprint density at radius 2 is 1.47 bits per heavy atom. The normalized spacial score (nSPS) is 19.6. The SMILES string of the molecule is CC1CCCCN1C(=O)CN1CCN(C(=O)c2ccccc2C(=O)c2ccccc2)CC1. The molecule has 2 aliphatic heterocycles. The molecule has 0 N–H and O–H groups in total. The number of piperazine rings is 1. The van der Waals surface area contributed by atoms with E-state index in [0.29, 0.717) is 55.5 Å². The first-order chi connectivity index (χ1) is 15.5. The molecule has 0 aliphatic carbocycles. The fourth-order valence-corrected chi connectivity index (χ4v) is 4.64. The van der Waals surface area contributed by atoms with Gasteiger partial charge in [-0.2, -0.15) is 0 Å². The molecule has 32 heavy (non-hydrogen) atoms. The van der Waals surface area contributed by atoms with Crippen LogP contribution in [0.5, 0.6) is 0 Å². The van der Waals surface area contributed by atoms with Crippen LogP contribution in [0.2, 0.25) is 0 Å². The van der Waals surface area contributed by atoms with Crippen molar-refractivity contribution in [2.75, 3.05) is 39.3 Å². The van der Waals surface area contributed by atoms with Gasteiger partial charge in [0.15, 0.2) is 5.78 Å². The smallest absolute Gasteiger partial charge is 0.254 e. The summed E-state index contributed by atoms with van der Waals surface area (Å²) in [6.45, 7) is 5.82. The van der Waals surface area contributed by atoms with Crippen LogP contribution in [-0.2, 0) is 4.79 Å². The summed E-state index contributed by atoms with van der Waals surface area (Å²) in [7, 11) is 0. The Labute approximate surface area is 189 Å². The number of likely N-dealkylation sites (tertiary alicyclic amines) is 1. The first-order valence-corrected chi connectivity index (χ1v) is 11.5. The molecule has 6 heteroatoms. The van der Waals surface area contributed by atoms with Crippen molar-refractivity contribution in [2.24, 2.45) is 0 Å². The molecule has 2 aromatic carbocycles. The van der Waals surface area contributed by atoms with Gasteiger partial charge in [0.1, 0.15) is 0 Å². The lowest BCUT2D eigenvalue weighted by molar-refractivity contribution is -0.136. The van der Waals surface area contributed by atoms with Gasteiger partial charge in [-0.3, -0.25) is 19.3 Å². The van der Waals surface area contributed by atoms with Crippen molar-refractivity contribution in [1.29, 1.82) is 0 Å². The van der Waals surface area contributed by atoms with Crippen LogP contribution in [0.4, 0.5) is 0 Å². The first kappa shape index (κ1) is 22.2. The van der Waals surface area contributed by atoms with E-state index in [-0.39, 0.29) is 17.6 Å². The van der Waals surface area contributed by atoms with Crippen molar-refractivity contribution in [2.45, 2.75) is 32.2 Å². The minimum absolute atomic E-state index is 0.125. The van der Waals surface area contributed by atoms with E-state index < -0.39 is 0 Å². The Balaban J connectivity index is 1.38. The van der Waals surface area contributed by atoms with Crippen molar-refractivity contribution >= 4 is 17.6 Å². The molecule has 2 aliphatic rings. The number of rotatable bonds is 5. The van der Waals surface area contributed by atoms with E-state index in [2.05, 4.69) is 11.8 Å². The highest BCUT2D eigenvalue weighted by Crippen LogP contribution is 2.19. The standard InChI is InChI=1S/C26H31N3O3/c1-20-9-7-8-14-29(20)24(30)19-27-15-17-28(18-16-27)26(32)23-13-6-5-12-22(23)25(31)21-10-3-2-4-11-21/h2-6,10-13,20H,7-9,14-19H2,1H3. The molecule has 1 atom stereocenters. The van der Waals surface area contributed by atoms with E-state index in [1.54, 1.807) is 41.3 Å². The van der Waals surface area contributed by atoms with Crippen molar-refractivity contribution in [3.8, 4) is 0 Å². The number of hydrogen-bond donors (Lipinski definition) is 0. The third kappa shape index (κ3) is 4.91. The Kier molecular flexibility index (Phi) is 7.00.